The van der Waals surface area contributed by atoms with Gasteiger partial charge < -0.3 is 20.3 Å². The molecule has 0 bridgehead atoms. The van der Waals surface area contributed by atoms with Crippen molar-refractivity contribution in [2.24, 2.45) is 0 Å². The predicted molar refractivity (Wildman–Crippen MR) is 92.1 cm³/mol. The van der Waals surface area contributed by atoms with Crippen LogP contribution in [0.1, 0.15) is 44.6 Å². The summed E-state index contributed by atoms with van der Waals surface area (Å²) in [6, 6.07) is 2.77. The van der Waals surface area contributed by atoms with Crippen LogP contribution in [-0.4, -0.2) is 53.2 Å². The standard InChI is InChI=1S/C17H26N4O3/c1-16(2)10-13(17(3,4)24-16)20-15(23)19-11-7-8-18-12(9-11)14(22)21(5)6/h7-9,13H,10H2,1-6H3,(H2,18,19,20,23). The normalized spacial score (nSPS) is 21.2. The van der Waals surface area contributed by atoms with E-state index in [1.165, 1.54) is 11.1 Å². The first-order chi connectivity index (χ1) is 11.0. The minimum atomic E-state index is -0.439. The predicted octanol–water partition coefficient (Wildman–Crippen LogP) is 2.25. The topological polar surface area (TPSA) is 83.6 Å². The van der Waals surface area contributed by atoms with E-state index in [4.69, 9.17) is 4.74 Å². The molecule has 1 unspecified atom stereocenters. The average molecular weight is 334 g/mol. The Morgan fingerprint density at radius 2 is 1.96 bits per heavy atom. The molecule has 1 aliphatic heterocycles. The van der Waals surface area contributed by atoms with Gasteiger partial charge in [0.05, 0.1) is 17.2 Å². The molecule has 2 rings (SSSR count). The molecule has 1 atom stereocenters. The molecule has 2 heterocycles. The van der Waals surface area contributed by atoms with Crippen LogP contribution >= 0.6 is 0 Å². The van der Waals surface area contributed by atoms with Crippen molar-refractivity contribution in [3.05, 3.63) is 24.0 Å². The summed E-state index contributed by atoms with van der Waals surface area (Å²) in [7, 11) is 3.31. The highest BCUT2D eigenvalue weighted by atomic mass is 16.5. The molecule has 1 aliphatic rings. The Balaban J connectivity index is 2.03. The number of amides is 3. The van der Waals surface area contributed by atoms with E-state index < -0.39 is 5.60 Å². The first-order valence-electron chi connectivity index (χ1n) is 7.95. The summed E-state index contributed by atoms with van der Waals surface area (Å²) in [6.45, 7) is 7.95. The molecule has 132 valence electrons. The molecular formula is C17H26N4O3. The minimum Gasteiger partial charge on any atom is -0.367 e. The Morgan fingerprint density at radius 1 is 1.29 bits per heavy atom. The van der Waals surface area contributed by atoms with E-state index in [1.807, 2.05) is 27.7 Å². The lowest BCUT2D eigenvalue weighted by Crippen LogP contribution is -2.47. The third kappa shape index (κ3) is 4.23. The van der Waals surface area contributed by atoms with E-state index in [-0.39, 0.29) is 29.3 Å². The van der Waals surface area contributed by atoms with Gasteiger partial charge in [-0.2, -0.15) is 0 Å². The zero-order chi connectivity index (χ0) is 18.1. The summed E-state index contributed by atoms with van der Waals surface area (Å²) in [5, 5.41) is 5.71. The average Bonchev–Trinajstić information content (AvgIpc) is 2.65. The second-order valence-corrected chi connectivity index (χ2v) is 7.45. The van der Waals surface area contributed by atoms with Crippen molar-refractivity contribution in [2.75, 3.05) is 19.4 Å². The van der Waals surface area contributed by atoms with Crippen molar-refractivity contribution in [3.63, 3.8) is 0 Å². The van der Waals surface area contributed by atoms with Crippen LogP contribution in [0, 0.1) is 0 Å². The number of carbonyl (C=O) groups is 2. The molecule has 1 saturated heterocycles. The van der Waals surface area contributed by atoms with Crippen LogP contribution in [0.4, 0.5) is 10.5 Å². The van der Waals surface area contributed by atoms with Gasteiger partial charge >= 0.3 is 6.03 Å². The van der Waals surface area contributed by atoms with Gasteiger partial charge in [-0.25, -0.2) is 4.79 Å². The smallest absolute Gasteiger partial charge is 0.319 e. The highest BCUT2D eigenvalue weighted by molar-refractivity contribution is 5.95. The lowest BCUT2D eigenvalue weighted by atomic mass is 9.95. The van der Waals surface area contributed by atoms with E-state index in [0.717, 1.165) is 6.42 Å². The van der Waals surface area contributed by atoms with Gasteiger partial charge in [-0.3, -0.25) is 9.78 Å². The second kappa shape index (κ2) is 6.39. The molecule has 1 aromatic rings. The third-order valence-corrected chi connectivity index (χ3v) is 4.02. The summed E-state index contributed by atoms with van der Waals surface area (Å²) in [5.74, 6) is -0.217. The Labute approximate surface area is 142 Å². The van der Waals surface area contributed by atoms with Gasteiger partial charge in [0.1, 0.15) is 5.69 Å². The van der Waals surface area contributed by atoms with Crippen molar-refractivity contribution < 1.29 is 14.3 Å². The zero-order valence-corrected chi connectivity index (χ0v) is 15.1. The Kier molecular flexibility index (Phi) is 4.85. The van der Waals surface area contributed by atoms with E-state index in [1.54, 1.807) is 26.2 Å². The number of carbonyl (C=O) groups excluding carboxylic acids is 2. The van der Waals surface area contributed by atoms with Gasteiger partial charge in [-0.05, 0) is 46.2 Å². The molecule has 2 N–H and O–H groups in total. The summed E-state index contributed by atoms with van der Waals surface area (Å²) in [6.07, 6.45) is 2.23. The fourth-order valence-electron chi connectivity index (χ4n) is 2.97. The molecule has 0 spiro atoms. The highest BCUT2D eigenvalue weighted by Crippen LogP contribution is 2.37. The molecule has 24 heavy (non-hydrogen) atoms. The molecule has 0 aliphatic carbocycles. The number of urea groups is 1. The van der Waals surface area contributed by atoms with Crippen LogP contribution in [0.15, 0.2) is 18.3 Å². The number of hydrogen-bond acceptors (Lipinski definition) is 4. The van der Waals surface area contributed by atoms with Crippen LogP contribution in [0.25, 0.3) is 0 Å². The summed E-state index contributed by atoms with van der Waals surface area (Å²) in [4.78, 5) is 29.7. The Morgan fingerprint density at radius 3 is 2.50 bits per heavy atom. The molecule has 7 nitrogen and oxygen atoms in total. The van der Waals surface area contributed by atoms with Crippen molar-refractivity contribution in [3.8, 4) is 0 Å². The van der Waals surface area contributed by atoms with Gasteiger partial charge in [0.15, 0.2) is 0 Å². The summed E-state index contributed by atoms with van der Waals surface area (Å²) in [5.41, 5.74) is 0.0845. The number of pyridine rings is 1. The SMILES string of the molecule is CN(C)C(=O)c1cc(NC(=O)NC2CC(C)(C)OC2(C)C)ccn1. The number of rotatable bonds is 3. The van der Waals surface area contributed by atoms with Crippen molar-refractivity contribution in [1.29, 1.82) is 0 Å². The van der Waals surface area contributed by atoms with E-state index in [0.29, 0.717) is 5.69 Å². The number of aromatic nitrogens is 1. The Hall–Kier alpha value is -2.15. The monoisotopic (exact) mass is 334 g/mol. The fourth-order valence-corrected chi connectivity index (χ4v) is 2.97. The van der Waals surface area contributed by atoms with Crippen LogP contribution in [0.5, 0.6) is 0 Å². The number of anilines is 1. The van der Waals surface area contributed by atoms with Crippen LogP contribution in [0.2, 0.25) is 0 Å². The van der Waals surface area contributed by atoms with Gasteiger partial charge in [0.25, 0.3) is 5.91 Å². The van der Waals surface area contributed by atoms with Crippen molar-refractivity contribution >= 4 is 17.6 Å². The molecule has 1 fully saturated rings. The quantitative estimate of drug-likeness (QED) is 0.888. The van der Waals surface area contributed by atoms with Gasteiger partial charge in [-0.15, -0.1) is 0 Å². The van der Waals surface area contributed by atoms with Crippen molar-refractivity contribution in [2.45, 2.75) is 51.4 Å². The lowest BCUT2D eigenvalue weighted by Gasteiger charge is -2.27. The number of nitrogens with one attached hydrogen (secondary N) is 2. The molecule has 7 heteroatoms. The first kappa shape index (κ1) is 18.2. The number of hydrogen-bond donors (Lipinski definition) is 2. The number of ether oxygens (including phenoxy) is 1. The third-order valence-electron chi connectivity index (χ3n) is 4.02. The molecule has 1 aromatic heterocycles. The van der Waals surface area contributed by atoms with E-state index >= 15 is 0 Å². The van der Waals surface area contributed by atoms with E-state index in [9.17, 15) is 9.59 Å². The minimum absolute atomic E-state index is 0.0998. The molecule has 3 amide bonds. The Bertz CT molecular complexity index is 640. The van der Waals surface area contributed by atoms with Crippen LogP contribution in [0.3, 0.4) is 0 Å². The zero-order valence-electron chi connectivity index (χ0n) is 15.1. The van der Waals surface area contributed by atoms with Gasteiger partial charge in [0, 0.05) is 26.0 Å². The molecule has 0 aromatic carbocycles. The largest absolute Gasteiger partial charge is 0.367 e. The van der Waals surface area contributed by atoms with Gasteiger partial charge in [0.2, 0.25) is 0 Å². The molecule has 0 saturated carbocycles. The first-order valence-corrected chi connectivity index (χ1v) is 7.95. The molecule has 0 radical (unpaired) electrons. The fraction of sp³-hybridized carbons (Fsp3) is 0.588. The maximum atomic E-state index is 12.3. The maximum absolute atomic E-state index is 12.3. The number of nitrogens with zero attached hydrogens (tertiary/aromatic N) is 2. The highest BCUT2D eigenvalue weighted by Gasteiger charge is 2.46. The summed E-state index contributed by atoms with van der Waals surface area (Å²) < 4.78 is 5.97. The van der Waals surface area contributed by atoms with Crippen LogP contribution < -0.4 is 10.6 Å². The molecular weight excluding hydrogens is 308 g/mol. The van der Waals surface area contributed by atoms with Gasteiger partial charge in [-0.1, -0.05) is 0 Å². The van der Waals surface area contributed by atoms with Crippen molar-refractivity contribution in [1.82, 2.24) is 15.2 Å². The van der Waals surface area contributed by atoms with E-state index in [2.05, 4.69) is 15.6 Å². The summed E-state index contributed by atoms with van der Waals surface area (Å²) >= 11 is 0. The second-order valence-electron chi connectivity index (χ2n) is 7.45. The maximum Gasteiger partial charge on any atom is 0.319 e. The van der Waals surface area contributed by atoms with Crippen LogP contribution in [-0.2, 0) is 4.74 Å². The lowest BCUT2D eigenvalue weighted by molar-refractivity contribution is -0.0689.